The number of nitrogens with one attached hydrogen (secondary N) is 1. The Bertz CT molecular complexity index is 1490. The van der Waals surface area contributed by atoms with Gasteiger partial charge in [0, 0.05) is 24.2 Å². The first-order valence-electron chi connectivity index (χ1n) is 13.2. The van der Waals surface area contributed by atoms with E-state index in [0.717, 1.165) is 12.1 Å². The minimum atomic E-state index is -4.78. The molecule has 2 heterocycles. The highest BCUT2D eigenvalue weighted by Gasteiger charge is 2.59. The molecule has 41 heavy (non-hydrogen) atoms. The maximum atomic E-state index is 14.0. The summed E-state index contributed by atoms with van der Waals surface area (Å²) < 4.78 is 61.3. The number of benzene rings is 2. The Hall–Kier alpha value is -4.00. The van der Waals surface area contributed by atoms with Gasteiger partial charge in [0.05, 0.1) is 5.54 Å². The van der Waals surface area contributed by atoms with E-state index in [1.54, 1.807) is 18.2 Å². The van der Waals surface area contributed by atoms with Gasteiger partial charge in [-0.2, -0.15) is 13.2 Å². The Morgan fingerprint density at radius 3 is 2.49 bits per heavy atom. The summed E-state index contributed by atoms with van der Waals surface area (Å²) >= 11 is 0. The second-order valence-electron chi connectivity index (χ2n) is 11.1. The third kappa shape index (κ3) is 4.61. The summed E-state index contributed by atoms with van der Waals surface area (Å²) in [5.74, 6) is -2.85. The number of rotatable bonds is 4. The number of halogens is 4. The summed E-state index contributed by atoms with van der Waals surface area (Å²) in [5.41, 5.74) is 5.54. The lowest BCUT2D eigenvalue weighted by Crippen LogP contribution is -2.52. The smallest absolute Gasteiger partial charge is 0.418 e. The topological polar surface area (TPSA) is 122 Å². The van der Waals surface area contributed by atoms with E-state index >= 15 is 0 Å². The van der Waals surface area contributed by atoms with Crippen molar-refractivity contribution in [2.24, 2.45) is 5.73 Å². The summed E-state index contributed by atoms with van der Waals surface area (Å²) in [6, 6.07) is 6.17. The summed E-state index contributed by atoms with van der Waals surface area (Å²) in [6.07, 6.45) is -4.95. The number of anilines is 1. The highest BCUT2D eigenvalue weighted by Crippen LogP contribution is 2.46. The lowest BCUT2D eigenvalue weighted by Gasteiger charge is -2.32. The van der Waals surface area contributed by atoms with Gasteiger partial charge in [0.15, 0.2) is 0 Å². The first-order valence-corrected chi connectivity index (χ1v) is 13.2. The van der Waals surface area contributed by atoms with Crippen molar-refractivity contribution >= 4 is 29.5 Å². The maximum absolute atomic E-state index is 14.0. The van der Waals surface area contributed by atoms with Gasteiger partial charge in [-0.3, -0.25) is 14.4 Å². The first kappa shape index (κ1) is 27.2. The van der Waals surface area contributed by atoms with Gasteiger partial charge < -0.3 is 20.7 Å². The van der Waals surface area contributed by atoms with Crippen LogP contribution < -0.4 is 11.1 Å². The van der Waals surface area contributed by atoms with Gasteiger partial charge in [-0.1, -0.05) is 12.1 Å². The lowest BCUT2D eigenvalue weighted by molar-refractivity contribution is -0.192. The van der Waals surface area contributed by atoms with Gasteiger partial charge in [-0.05, 0) is 73.1 Å². The monoisotopic (exact) mass is 574 g/mol. The number of imide groups is 1. The van der Waals surface area contributed by atoms with Crippen LogP contribution in [0.25, 0.3) is 0 Å². The zero-order chi connectivity index (χ0) is 29.3. The number of nitrogens with zero attached hydrogens (tertiary/aromatic N) is 2. The van der Waals surface area contributed by atoms with Gasteiger partial charge in [0.2, 0.25) is 17.4 Å². The van der Waals surface area contributed by atoms with E-state index < -0.39 is 66.6 Å². The molecule has 1 saturated heterocycles. The van der Waals surface area contributed by atoms with Crippen LogP contribution in [-0.4, -0.2) is 57.9 Å². The molecular formula is C28H26F4N4O5. The Morgan fingerprint density at radius 1 is 1.02 bits per heavy atom. The van der Waals surface area contributed by atoms with Crippen molar-refractivity contribution in [2.45, 2.75) is 68.4 Å². The summed E-state index contributed by atoms with van der Waals surface area (Å²) in [5, 5.41) is 2.75. The van der Waals surface area contributed by atoms with E-state index in [1.807, 2.05) is 0 Å². The fourth-order valence-electron chi connectivity index (χ4n) is 5.90. The van der Waals surface area contributed by atoms with E-state index in [9.17, 15) is 36.7 Å². The van der Waals surface area contributed by atoms with E-state index in [4.69, 9.17) is 10.5 Å². The standard InChI is InChI=1S/C28H26F4N4O5/c29-18-3-1-17-13-35(21(28(30,31)32)6-2-15(17)11-18)22(37)14-36-24(39)27(41-25(36)40)8-7-16-12-19(4-5-20(16)27)34-23(38)26(33)9-10-26/h1,3-5,11-12,21H,2,6-10,13-14,33H2,(H,34,38)/t21-,27?/m0/s1. The molecule has 3 N–H and O–H groups in total. The maximum Gasteiger partial charge on any atom is 0.418 e. The summed E-state index contributed by atoms with van der Waals surface area (Å²) in [6.45, 7) is -1.40. The second-order valence-corrected chi connectivity index (χ2v) is 11.1. The Kier molecular flexibility index (Phi) is 6.14. The highest BCUT2D eigenvalue weighted by molar-refractivity contribution is 6.06. The first-order chi connectivity index (χ1) is 19.3. The Labute approximate surface area is 231 Å². The molecule has 2 atom stereocenters. The van der Waals surface area contributed by atoms with Crippen molar-refractivity contribution in [3.8, 4) is 0 Å². The molecule has 2 aliphatic carbocycles. The minimum absolute atomic E-state index is 0.0731. The van der Waals surface area contributed by atoms with Gasteiger partial charge >= 0.3 is 12.3 Å². The molecule has 2 aromatic carbocycles. The van der Waals surface area contributed by atoms with E-state index in [1.165, 1.54) is 6.07 Å². The molecule has 2 aliphatic heterocycles. The normalized spacial score (nSPS) is 24.6. The number of carbonyl (C=O) groups excluding carboxylic acids is 4. The van der Waals surface area contributed by atoms with Crippen molar-refractivity contribution in [2.75, 3.05) is 11.9 Å². The van der Waals surface area contributed by atoms with Crippen LogP contribution in [0.15, 0.2) is 36.4 Å². The lowest BCUT2D eigenvalue weighted by atomic mass is 9.94. The molecule has 4 amide bonds. The SMILES string of the molecule is NC1(C(=O)Nc2ccc3c(c2)CCC32OC(=O)N(CC(=O)N3Cc4ccc(F)cc4CC[C@H]3C(F)(F)F)C2=O)CC1. The predicted octanol–water partition coefficient (Wildman–Crippen LogP) is 3.28. The van der Waals surface area contributed by atoms with Crippen LogP contribution in [0.2, 0.25) is 0 Å². The van der Waals surface area contributed by atoms with Gasteiger partial charge in [-0.25, -0.2) is 14.1 Å². The van der Waals surface area contributed by atoms with Crippen LogP contribution in [0.4, 0.5) is 28.0 Å². The Balaban J connectivity index is 1.22. The number of fused-ring (bicyclic) bond motifs is 3. The molecule has 2 aromatic rings. The fraction of sp³-hybridized carbons (Fsp3) is 0.429. The molecule has 0 aromatic heterocycles. The molecule has 13 heteroatoms. The number of ether oxygens (including phenoxy) is 1. The molecule has 6 rings (SSSR count). The molecule has 1 saturated carbocycles. The highest BCUT2D eigenvalue weighted by atomic mass is 19.4. The third-order valence-corrected chi connectivity index (χ3v) is 8.42. The summed E-state index contributed by atoms with van der Waals surface area (Å²) in [7, 11) is 0. The quantitative estimate of drug-likeness (QED) is 0.541. The van der Waals surface area contributed by atoms with Crippen molar-refractivity contribution in [3.05, 3.63) is 64.5 Å². The molecule has 0 radical (unpaired) electrons. The number of amides is 4. The molecular weight excluding hydrogens is 548 g/mol. The minimum Gasteiger partial charge on any atom is -0.427 e. The van der Waals surface area contributed by atoms with E-state index in [2.05, 4.69) is 5.32 Å². The Morgan fingerprint density at radius 2 is 1.78 bits per heavy atom. The van der Waals surface area contributed by atoms with Crippen LogP contribution in [0.3, 0.4) is 0 Å². The van der Waals surface area contributed by atoms with Gasteiger partial charge in [-0.15, -0.1) is 0 Å². The number of aryl methyl sites for hydroxylation is 2. The molecule has 4 aliphatic rings. The van der Waals surface area contributed by atoms with Crippen LogP contribution in [-0.2, 0) is 44.1 Å². The number of carbonyl (C=O) groups is 4. The largest absolute Gasteiger partial charge is 0.427 e. The number of alkyl halides is 3. The second kappa shape index (κ2) is 9.26. The predicted molar refractivity (Wildman–Crippen MR) is 135 cm³/mol. The van der Waals surface area contributed by atoms with Crippen LogP contribution in [0.5, 0.6) is 0 Å². The number of hydrogen-bond acceptors (Lipinski definition) is 6. The van der Waals surface area contributed by atoms with Crippen molar-refractivity contribution < 1.29 is 41.5 Å². The average molecular weight is 575 g/mol. The average Bonchev–Trinajstić information content (AvgIpc) is 3.56. The third-order valence-electron chi connectivity index (χ3n) is 8.42. The van der Waals surface area contributed by atoms with Crippen LogP contribution >= 0.6 is 0 Å². The van der Waals surface area contributed by atoms with Crippen molar-refractivity contribution in [1.29, 1.82) is 0 Å². The number of hydrogen-bond donors (Lipinski definition) is 2. The van der Waals surface area contributed by atoms with Crippen LogP contribution in [0.1, 0.15) is 47.9 Å². The van der Waals surface area contributed by atoms with Gasteiger partial charge in [0.1, 0.15) is 18.4 Å². The molecule has 0 bridgehead atoms. The fourth-order valence-corrected chi connectivity index (χ4v) is 5.90. The zero-order valence-corrected chi connectivity index (χ0v) is 21.7. The molecule has 9 nitrogen and oxygen atoms in total. The molecule has 2 fully saturated rings. The van der Waals surface area contributed by atoms with Crippen LogP contribution in [0, 0.1) is 5.82 Å². The number of nitrogens with two attached hydrogens (primary N) is 1. The van der Waals surface area contributed by atoms with Gasteiger partial charge in [0.25, 0.3) is 5.91 Å². The molecule has 216 valence electrons. The van der Waals surface area contributed by atoms with E-state index in [-0.39, 0.29) is 18.7 Å². The molecule has 1 unspecified atom stereocenters. The van der Waals surface area contributed by atoms with E-state index in [0.29, 0.717) is 57.0 Å². The molecule has 1 spiro atoms. The van der Waals surface area contributed by atoms with Crippen molar-refractivity contribution in [3.63, 3.8) is 0 Å². The summed E-state index contributed by atoms with van der Waals surface area (Å²) in [4.78, 5) is 53.2. The van der Waals surface area contributed by atoms with Crippen molar-refractivity contribution in [1.82, 2.24) is 9.80 Å². The zero-order valence-electron chi connectivity index (χ0n) is 21.7.